The summed E-state index contributed by atoms with van der Waals surface area (Å²) >= 11 is 1.85. The Morgan fingerprint density at radius 2 is 2.83 bits per heavy atom. The first-order valence-electron chi connectivity index (χ1n) is 1.92. The van der Waals surface area contributed by atoms with E-state index in [1.807, 2.05) is 18.0 Å². The maximum atomic E-state index is 3.07. The van der Waals surface area contributed by atoms with Gasteiger partial charge in [0.2, 0.25) is 0 Å². The molecule has 1 aliphatic rings. The van der Waals surface area contributed by atoms with Crippen molar-refractivity contribution >= 4 is 11.8 Å². The van der Waals surface area contributed by atoms with Gasteiger partial charge in [0, 0.05) is 6.20 Å². The lowest BCUT2D eigenvalue weighted by Crippen LogP contribution is -1.93. The van der Waals surface area contributed by atoms with Crippen molar-refractivity contribution in [2.75, 3.05) is 5.88 Å². The Morgan fingerprint density at radius 1 is 2.00 bits per heavy atom. The molecule has 0 atom stereocenters. The fraction of sp³-hybridized carbons (Fsp3) is 0.500. The maximum Gasteiger partial charge on any atom is 0.0649 e. The van der Waals surface area contributed by atoms with Crippen LogP contribution in [0.4, 0.5) is 0 Å². The Hall–Kier alpha value is -0.110. The van der Waals surface area contributed by atoms with Gasteiger partial charge in [0.1, 0.15) is 0 Å². The van der Waals surface area contributed by atoms with Crippen LogP contribution in [0.1, 0.15) is 6.92 Å². The lowest BCUT2D eigenvalue weighted by Gasteiger charge is -1.79. The zero-order valence-electron chi connectivity index (χ0n) is 3.69. The summed E-state index contributed by atoms with van der Waals surface area (Å²) in [6.45, 7) is 2.10. The van der Waals surface area contributed by atoms with E-state index < -0.39 is 0 Å². The molecule has 6 heavy (non-hydrogen) atoms. The minimum atomic E-state index is 1.06. The van der Waals surface area contributed by atoms with Crippen LogP contribution in [0.5, 0.6) is 0 Å². The van der Waals surface area contributed by atoms with Crippen LogP contribution in [0.25, 0.3) is 0 Å². The van der Waals surface area contributed by atoms with Crippen molar-refractivity contribution < 1.29 is 0 Å². The molecular formula is C4H7NS. The molecule has 1 aliphatic heterocycles. The predicted octanol–water partition coefficient (Wildman–Crippen LogP) is 1.14. The quantitative estimate of drug-likeness (QED) is 0.491. The Balaban J connectivity index is 2.45. The van der Waals surface area contributed by atoms with Crippen LogP contribution in [-0.4, -0.2) is 5.88 Å². The molecular weight excluding hydrogens is 94.1 g/mol. The van der Waals surface area contributed by atoms with E-state index in [-0.39, 0.29) is 0 Å². The first kappa shape index (κ1) is 4.06. The highest BCUT2D eigenvalue weighted by molar-refractivity contribution is 8.03. The van der Waals surface area contributed by atoms with Crippen LogP contribution in [0.2, 0.25) is 0 Å². The third kappa shape index (κ3) is 0.684. The average molecular weight is 101 g/mol. The summed E-state index contributed by atoms with van der Waals surface area (Å²) < 4.78 is 0. The van der Waals surface area contributed by atoms with Crippen molar-refractivity contribution in [1.29, 1.82) is 0 Å². The summed E-state index contributed by atoms with van der Waals surface area (Å²) in [6, 6.07) is 0. The highest BCUT2D eigenvalue weighted by Gasteiger charge is 1.93. The number of allylic oxidation sites excluding steroid dienone is 1. The SMILES string of the molecule is CC1=CNCS1. The molecule has 0 aliphatic carbocycles. The third-order valence-corrected chi connectivity index (χ3v) is 1.57. The van der Waals surface area contributed by atoms with Crippen molar-refractivity contribution in [3.63, 3.8) is 0 Å². The summed E-state index contributed by atoms with van der Waals surface area (Å²) in [7, 11) is 0. The van der Waals surface area contributed by atoms with E-state index in [4.69, 9.17) is 0 Å². The molecule has 0 fully saturated rings. The van der Waals surface area contributed by atoms with E-state index in [9.17, 15) is 0 Å². The molecule has 0 aromatic rings. The van der Waals surface area contributed by atoms with E-state index in [0.29, 0.717) is 0 Å². The minimum absolute atomic E-state index is 1.06. The standard InChI is InChI=1S/C4H7NS/c1-4-2-5-3-6-4/h2,5H,3H2,1H3. The Morgan fingerprint density at radius 3 is 3.00 bits per heavy atom. The second-order valence-corrected chi connectivity index (χ2v) is 2.47. The van der Waals surface area contributed by atoms with Gasteiger partial charge in [0.15, 0.2) is 0 Å². The highest BCUT2D eigenvalue weighted by Crippen LogP contribution is 2.15. The Bertz CT molecular complexity index is 77.6. The van der Waals surface area contributed by atoms with E-state index in [1.54, 1.807) is 0 Å². The predicted molar refractivity (Wildman–Crippen MR) is 29.4 cm³/mol. The molecule has 1 heterocycles. The van der Waals surface area contributed by atoms with Gasteiger partial charge >= 0.3 is 0 Å². The van der Waals surface area contributed by atoms with E-state index >= 15 is 0 Å². The summed E-state index contributed by atoms with van der Waals surface area (Å²) in [6.07, 6.45) is 2.03. The second kappa shape index (κ2) is 1.56. The smallest absolute Gasteiger partial charge is 0.0649 e. The van der Waals surface area contributed by atoms with Crippen molar-refractivity contribution in [2.45, 2.75) is 6.92 Å². The van der Waals surface area contributed by atoms with Crippen molar-refractivity contribution in [2.24, 2.45) is 0 Å². The minimum Gasteiger partial charge on any atom is -0.381 e. The maximum absolute atomic E-state index is 3.07. The van der Waals surface area contributed by atoms with Crippen molar-refractivity contribution in [1.82, 2.24) is 5.32 Å². The summed E-state index contributed by atoms with van der Waals surface area (Å²) in [4.78, 5) is 1.38. The van der Waals surface area contributed by atoms with Gasteiger partial charge in [-0.3, -0.25) is 0 Å². The van der Waals surface area contributed by atoms with E-state index in [0.717, 1.165) is 5.88 Å². The first-order chi connectivity index (χ1) is 2.89. The first-order valence-corrected chi connectivity index (χ1v) is 2.91. The molecule has 0 saturated carbocycles. The molecule has 1 rings (SSSR count). The van der Waals surface area contributed by atoms with E-state index in [2.05, 4.69) is 12.2 Å². The van der Waals surface area contributed by atoms with Crippen LogP contribution in [-0.2, 0) is 0 Å². The van der Waals surface area contributed by atoms with Crippen LogP contribution in [0.15, 0.2) is 11.1 Å². The molecule has 34 valence electrons. The van der Waals surface area contributed by atoms with Crippen LogP contribution in [0.3, 0.4) is 0 Å². The van der Waals surface area contributed by atoms with Crippen LogP contribution in [0, 0.1) is 0 Å². The molecule has 1 N–H and O–H groups in total. The van der Waals surface area contributed by atoms with Gasteiger partial charge in [-0.2, -0.15) is 0 Å². The fourth-order valence-corrected chi connectivity index (χ4v) is 0.944. The molecule has 0 bridgehead atoms. The lowest BCUT2D eigenvalue weighted by molar-refractivity contribution is 1.08. The van der Waals surface area contributed by atoms with Gasteiger partial charge in [-0.05, 0) is 11.8 Å². The Kier molecular flexibility index (Phi) is 1.05. The van der Waals surface area contributed by atoms with Gasteiger partial charge in [0.05, 0.1) is 5.88 Å². The number of hydrogen-bond donors (Lipinski definition) is 1. The highest BCUT2D eigenvalue weighted by atomic mass is 32.2. The van der Waals surface area contributed by atoms with Gasteiger partial charge in [-0.1, -0.05) is 0 Å². The Labute approximate surface area is 41.8 Å². The van der Waals surface area contributed by atoms with E-state index in [1.165, 1.54) is 4.91 Å². The van der Waals surface area contributed by atoms with Gasteiger partial charge in [-0.15, -0.1) is 11.8 Å². The fourth-order valence-electron chi connectivity index (χ4n) is 0.383. The van der Waals surface area contributed by atoms with Crippen molar-refractivity contribution in [3.05, 3.63) is 11.1 Å². The zero-order chi connectivity index (χ0) is 4.41. The monoisotopic (exact) mass is 101 g/mol. The number of thioether (sulfide) groups is 1. The van der Waals surface area contributed by atoms with Gasteiger partial charge in [-0.25, -0.2) is 0 Å². The molecule has 0 spiro atoms. The zero-order valence-corrected chi connectivity index (χ0v) is 4.51. The molecule has 1 nitrogen and oxygen atoms in total. The molecule has 0 unspecified atom stereocenters. The molecule has 0 aromatic heterocycles. The number of rotatable bonds is 0. The summed E-state index contributed by atoms with van der Waals surface area (Å²) in [5.41, 5.74) is 0. The molecule has 0 aromatic carbocycles. The molecule has 0 radical (unpaired) electrons. The molecule has 2 heteroatoms. The van der Waals surface area contributed by atoms with Crippen LogP contribution < -0.4 is 5.32 Å². The lowest BCUT2D eigenvalue weighted by atomic mass is 10.7. The largest absolute Gasteiger partial charge is 0.381 e. The average Bonchev–Trinajstić information content (AvgIpc) is 1.86. The topological polar surface area (TPSA) is 12.0 Å². The third-order valence-electron chi connectivity index (χ3n) is 0.688. The number of nitrogens with one attached hydrogen (secondary N) is 1. The van der Waals surface area contributed by atoms with Crippen molar-refractivity contribution in [3.8, 4) is 0 Å². The molecule has 0 amide bonds. The molecule has 0 saturated heterocycles. The number of hydrogen-bond acceptors (Lipinski definition) is 2. The second-order valence-electron chi connectivity index (χ2n) is 1.25. The van der Waals surface area contributed by atoms with Gasteiger partial charge in [0.25, 0.3) is 0 Å². The summed E-state index contributed by atoms with van der Waals surface area (Å²) in [5, 5.41) is 3.07. The summed E-state index contributed by atoms with van der Waals surface area (Å²) in [5.74, 6) is 1.06. The van der Waals surface area contributed by atoms with Gasteiger partial charge < -0.3 is 5.32 Å². The van der Waals surface area contributed by atoms with Crippen LogP contribution >= 0.6 is 11.8 Å². The normalized spacial score (nSPS) is 19.8.